The van der Waals surface area contributed by atoms with Crippen LogP contribution in [0.15, 0.2) is 24.3 Å². The van der Waals surface area contributed by atoms with Gasteiger partial charge in [-0.1, -0.05) is 38.5 Å². The van der Waals surface area contributed by atoms with Crippen LogP contribution < -0.4 is 10.6 Å². The number of carbonyl (C=O) groups excluding carboxylic acids is 2. The van der Waals surface area contributed by atoms with E-state index in [1.54, 1.807) is 6.07 Å². The van der Waals surface area contributed by atoms with E-state index < -0.39 is 6.04 Å². The maximum absolute atomic E-state index is 12.7. The van der Waals surface area contributed by atoms with Crippen molar-refractivity contribution >= 4 is 11.8 Å². The predicted octanol–water partition coefficient (Wildman–Crippen LogP) is 3.91. The topological polar surface area (TPSA) is 61.4 Å². The second kappa shape index (κ2) is 12.0. The first-order valence-corrected chi connectivity index (χ1v) is 11.3. The molecule has 1 aromatic rings. The first-order valence-electron chi connectivity index (χ1n) is 11.3. The van der Waals surface area contributed by atoms with Gasteiger partial charge in [0, 0.05) is 18.2 Å². The molecule has 2 rings (SSSR count). The predicted molar refractivity (Wildman–Crippen MR) is 119 cm³/mol. The molecule has 1 fully saturated rings. The van der Waals surface area contributed by atoms with Crippen LogP contribution in [0.5, 0.6) is 0 Å². The number of hydrogen-bond acceptors (Lipinski definition) is 3. The first kappa shape index (κ1) is 23.4. The van der Waals surface area contributed by atoms with Gasteiger partial charge in [-0.2, -0.15) is 0 Å². The summed E-state index contributed by atoms with van der Waals surface area (Å²) in [6.07, 6.45) is 6.64. The minimum atomic E-state index is -0.496. The average Bonchev–Trinajstić information content (AvgIpc) is 2.68. The number of aryl methyl sites for hydroxylation is 1. The summed E-state index contributed by atoms with van der Waals surface area (Å²) in [6, 6.07) is 7.67. The number of likely N-dealkylation sites (tertiary alicyclic amines) is 1. The van der Waals surface area contributed by atoms with Crippen molar-refractivity contribution < 1.29 is 9.59 Å². The maximum Gasteiger partial charge on any atom is 0.252 e. The minimum Gasteiger partial charge on any atom is -0.354 e. The molecule has 29 heavy (non-hydrogen) atoms. The second-order valence-electron chi connectivity index (χ2n) is 8.85. The standard InChI is InChI=1S/C24H39N3O2/c1-18(2)17-22(26-23(28)21-13-6-5-11-19(21)3)24(29)25-14-8-10-16-27-15-9-7-12-20(27)4/h5-6,11,13,18,20,22H,7-10,12,14-17H2,1-4H3,(H,25,29)(H,26,28). The van der Waals surface area contributed by atoms with Crippen LogP contribution in [0.2, 0.25) is 0 Å². The zero-order chi connectivity index (χ0) is 21.2. The van der Waals surface area contributed by atoms with Gasteiger partial charge in [-0.15, -0.1) is 0 Å². The summed E-state index contributed by atoms with van der Waals surface area (Å²) >= 11 is 0. The fourth-order valence-electron chi connectivity index (χ4n) is 4.03. The molecule has 1 saturated heterocycles. The van der Waals surface area contributed by atoms with Crippen molar-refractivity contribution in [1.29, 1.82) is 0 Å². The van der Waals surface area contributed by atoms with Gasteiger partial charge in [-0.25, -0.2) is 0 Å². The molecule has 1 heterocycles. The van der Waals surface area contributed by atoms with E-state index in [1.807, 2.05) is 25.1 Å². The summed E-state index contributed by atoms with van der Waals surface area (Å²) < 4.78 is 0. The largest absolute Gasteiger partial charge is 0.354 e. The molecule has 2 amide bonds. The quantitative estimate of drug-likeness (QED) is 0.584. The van der Waals surface area contributed by atoms with Crippen molar-refractivity contribution in [2.24, 2.45) is 5.92 Å². The lowest BCUT2D eigenvalue weighted by Gasteiger charge is -2.33. The summed E-state index contributed by atoms with van der Waals surface area (Å²) in [5, 5.41) is 5.98. The zero-order valence-electron chi connectivity index (χ0n) is 18.7. The van der Waals surface area contributed by atoms with E-state index in [0.29, 0.717) is 30.5 Å². The van der Waals surface area contributed by atoms with E-state index in [4.69, 9.17) is 0 Å². The molecule has 0 bridgehead atoms. The number of piperidine rings is 1. The van der Waals surface area contributed by atoms with Crippen LogP contribution in [-0.2, 0) is 4.79 Å². The Labute approximate surface area is 176 Å². The van der Waals surface area contributed by atoms with Gasteiger partial charge in [0.05, 0.1) is 0 Å². The van der Waals surface area contributed by atoms with Gasteiger partial charge in [0.1, 0.15) is 6.04 Å². The van der Waals surface area contributed by atoms with Crippen molar-refractivity contribution in [3.63, 3.8) is 0 Å². The fourth-order valence-corrected chi connectivity index (χ4v) is 4.03. The van der Waals surface area contributed by atoms with Gasteiger partial charge in [0.2, 0.25) is 5.91 Å². The van der Waals surface area contributed by atoms with Crippen LogP contribution in [0.1, 0.15) is 75.2 Å². The molecule has 5 nitrogen and oxygen atoms in total. The molecule has 0 spiro atoms. The third-order valence-corrected chi connectivity index (χ3v) is 5.83. The van der Waals surface area contributed by atoms with Crippen molar-refractivity contribution in [2.75, 3.05) is 19.6 Å². The monoisotopic (exact) mass is 401 g/mol. The smallest absolute Gasteiger partial charge is 0.252 e. The van der Waals surface area contributed by atoms with Gasteiger partial charge in [0.25, 0.3) is 5.91 Å². The van der Waals surface area contributed by atoms with Crippen molar-refractivity contribution in [1.82, 2.24) is 15.5 Å². The number of nitrogens with one attached hydrogen (secondary N) is 2. The number of rotatable bonds is 10. The highest BCUT2D eigenvalue weighted by Gasteiger charge is 2.23. The van der Waals surface area contributed by atoms with E-state index in [0.717, 1.165) is 24.9 Å². The molecule has 1 aliphatic heterocycles. The van der Waals surface area contributed by atoms with Crippen LogP contribution in [0.3, 0.4) is 0 Å². The Kier molecular flexibility index (Phi) is 9.65. The SMILES string of the molecule is Cc1ccccc1C(=O)NC(CC(C)C)C(=O)NCCCCN1CCCCC1C. The lowest BCUT2D eigenvalue weighted by atomic mass is 10.0. The zero-order valence-corrected chi connectivity index (χ0v) is 18.7. The van der Waals surface area contributed by atoms with Crippen LogP contribution in [0.25, 0.3) is 0 Å². The molecule has 1 aliphatic rings. The molecule has 0 aliphatic carbocycles. The summed E-state index contributed by atoms with van der Waals surface area (Å²) in [6.45, 7) is 11.3. The maximum atomic E-state index is 12.7. The fraction of sp³-hybridized carbons (Fsp3) is 0.667. The van der Waals surface area contributed by atoms with Gasteiger partial charge >= 0.3 is 0 Å². The number of carbonyl (C=O) groups is 2. The molecular weight excluding hydrogens is 362 g/mol. The van der Waals surface area contributed by atoms with E-state index in [-0.39, 0.29) is 11.8 Å². The van der Waals surface area contributed by atoms with E-state index in [9.17, 15) is 9.59 Å². The number of hydrogen-bond donors (Lipinski definition) is 2. The number of nitrogens with zero attached hydrogens (tertiary/aromatic N) is 1. The van der Waals surface area contributed by atoms with Crippen molar-refractivity contribution in [2.45, 2.75) is 78.3 Å². The highest BCUT2D eigenvalue weighted by molar-refractivity contribution is 5.98. The van der Waals surface area contributed by atoms with E-state index >= 15 is 0 Å². The Hall–Kier alpha value is -1.88. The molecule has 0 saturated carbocycles. The normalized spacial score (nSPS) is 18.4. The Bertz CT molecular complexity index is 659. The Morgan fingerprint density at radius 2 is 1.93 bits per heavy atom. The Morgan fingerprint density at radius 1 is 1.17 bits per heavy atom. The molecule has 2 atom stereocenters. The number of amides is 2. The Morgan fingerprint density at radius 3 is 2.62 bits per heavy atom. The minimum absolute atomic E-state index is 0.0769. The van der Waals surface area contributed by atoms with Gasteiger partial charge in [0.15, 0.2) is 0 Å². The van der Waals surface area contributed by atoms with Crippen LogP contribution >= 0.6 is 0 Å². The molecule has 162 valence electrons. The summed E-state index contributed by atoms with van der Waals surface area (Å²) in [4.78, 5) is 27.9. The van der Waals surface area contributed by atoms with Crippen molar-refractivity contribution in [3.8, 4) is 0 Å². The molecular formula is C24H39N3O2. The van der Waals surface area contributed by atoms with Gasteiger partial charge < -0.3 is 15.5 Å². The first-order chi connectivity index (χ1) is 13.9. The van der Waals surface area contributed by atoms with Crippen LogP contribution in [-0.4, -0.2) is 48.4 Å². The average molecular weight is 402 g/mol. The highest BCUT2D eigenvalue weighted by Crippen LogP contribution is 2.16. The second-order valence-corrected chi connectivity index (χ2v) is 8.85. The lowest BCUT2D eigenvalue weighted by molar-refractivity contribution is -0.123. The lowest BCUT2D eigenvalue weighted by Crippen LogP contribution is -2.47. The van der Waals surface area contributed by atoms with Crippen LogP contribution in [0, 0.1) is 12.8 Å². The van der Waals surface area contributed by atoms with Gasteiger partial charge in [-0.3, -0.25) is 9.59 Å². The molecule has 0 radical (unpaired) electrons. The van der Waals surface area contributed by atoms with Crippen molar-refractivity contribution in [3.05, 3.63) is 35.4 Å². The molecule has 1 aromatic carbocycles. The molecule has 5 heteroatoms. The summed E-state index contributed by atoms with van der Waals surface area (Å²) in [7, 11) is 0. The number of unbranched alkanes of at least 4 members (excludes halogenated alkanes) is 1. The van der Waals surface area contributed by atoms with E-state index in [2.05, 4.69) is 36.3 Å². The summed E-state index contributed by atoms with van der Waals surface area (Å²) in [5.74, 6) is 0.0680. The Balaban J connectivity index is 1.79. The molecule has 2 unspecified atom stereocenters. The van der Waals surface area contributed by atoms with Crippen LogP contribution in [0.4, 0.5) is 0 Å². The highest BCUT2D eigenvalue weighted by atomic mass is 16.2. The molecule has 0 aromatic heterocycles. The van der Waals surface area contributed by atoms with E-state index in [1.165, 1.54) is 25.8 Å². The summed E-state index contributed by atoms with van der Waals surface area (Å²) in [5.41, 5.74) is 1.55. The van der Waals surface area contributed by atoms with Gasteiger partial charge in [-0.05, 0) is 76.6 Å². The third-order valence-electron chi connectivity index (χ3n) is 5.83. The third kappa shape index (κ3) is 7.81. The molecule has 2 N–H and O–H groups in total. The number of benzene rings is 1.